The van der Waals surface area contributed by atoms with Crippen LogP contribution in [0.2, 0.25) is 0 Å². The van der Waals surface area contributed by atoms with E-state index < -0.39 is 12.1 Å². The number of alkyl halides is 3. The summed E-state index contributed by atoms with van der Waals surface area (Å²) in [6.07, 6.45) is -2.95. The Morgan fingerprint density at radius 1 is 1.05 bits per heavy atom. The van der Waals surface area contributed by atoms with Crippen LogP contribution in [0.4, 0.5) is 18.9 Å². The smallest absolute Gasteiger partial charge is 0.288 e. The summed E-state index contributed by atoms with van der Waals surface area (Å²) in [4.78, 5) is 15.1. The number of carbonyl (C=O) groups is 1. The van der Waals surface area contributed by atoms with E-state index in [4.69, 9.17) is 23.2 Å². The van der Waals surface area contributed by atoms with Gasteiger partial charge < -0.3 is 0 Å². The Kier molecular flexibility index (Phi) is 4.90. The molecule has 9 heteroatoms. The van der Waals surface area contributed by atoms with Crippen molar-refractivity contribution in [1.29, 1.82) is 0 Å². The van der Waals surface area contributed by atoms with E-state index in [1.54, 1.807) is 6.07 Å². The lowest BCUT2D eigenvalue weighted by molar-refractivity contribution is -0.330. The normalized spacial score (nSPS) is 17.3. The van der Waals surface area contributed by atoms with Crippen molar-refractivity contribution in [3.63, 3.8) is 0 Å². The van der Waals surface area contributed by atoms with Crippen molar-refractivity contribution in [1.82, 2.24) is 0 Å². The fraction of sp³-hybridized carbons (Fsp3) is 0.0769. The predicted octanol–water partition coefficient (Wildman–Crippen LogP) is 4.13. The zero-order chi connectivity index (χ0) is 16.3. The SMILES string of the molecule is O=C1C=C(Cl)C(=NN(OC(F)(F)F)c2ccccc2)C=C1Cl. The van der Waals surface area contributed by atoms with Crippen molar-refractivity contribution < 1.29 is 22.8 Å². The van der Waals surface area contributed by atoms with Gasteiger partial charge in [0.25, 0.3) is 0 Å². The molecule has 0 aromatic heterocycles. The van der Waals surface area contributed by atoms with Gasteiger partial charge in [-0.15, -0.1) is 28.3 Å². The monoisotopic (exact) mass is 350 g/mol. The summed E-state index contributed by atoms with van der Waals surface area (Å²) in [6.45, 7) is 0. The third-order valence-corrected chi connectivity index (χ3v) is 2.97. The molecule has 22 heavy (non-hydrogen) atoms. The first-order valence-corrected chi connectivity index (χ1v) is 6.50. The van der Waals surface area contributed by atoms with Crippen LogP contribution >= 0.6 is 23.2 Å². The molecule has 4 nitrogen and oxygen atoms in total. The van der Waals surface area contributed by atoms with E-state index >= 15 is 0 Å². The van der Waals surface area contributed by atoms with Crippen LogP contribution < -0.4 is 5.17 Å². The minimum Gasteiger partial charge on any atom is -0.288 e. The number of halogens is 5. The summed E-state index contributed by atoms with van der Waals surface area (Å²) in [7, 11) is 0. The number of anilines is 1. The number of hydrazone groups is 1. The van der Waals surface area contributed by atoms with Gasteiger partial charge in [-0.05, 0) is 18.2 Å². The number of carbonyl (C=O) groups excluding carboxylic acids is 1. The van der Waals surface area contributed by atoms with Gasteiger partial charge in [0.05, 0.1) is 15.8 Å². The molecule has 1 aliphatic rings. The largest absolute Gasteiger partial charge is 0.545 e. The van der Waals surface area contributed by atoms with Gasteiger partial charge in [-0.2, -0.15) is 0 Å². The second kappa shape index (κ2) is 6.51. The maximum atomic E-state index is 12.5. The molecule has 0 radical (unpaired) electrons. The van der Waals surface area contributed by atoms with Gasteiger partial charge in [-0.1, -0.05) is 41.4 Å². The molecular weight excluding hydrogens is 344 g/mol. The molecule has 116 valence electrons. The third-order valence-electron chi connectivity index (χ3n) is 2.37. The van der Waals surface area contributed by atoms with E-state index in [0.717, 1.165) is 12.2 Å². The highest BCUT2D eigenvalue weighted by molar-refractivity contribution is 6.54. The highest BCUT2D eigenvalue weighted by atomic mass is 35.5. The van der Waals surface area contributed by atoms with E-state index in [0.29, 0.717) is 0 Å². The summed E-state index contributed by atoms with van der Waals surface area (Å²) in [6, 6.07) is 7.34. The molecule has 1 aromatic carbocycles. The summed E-state index contributed by atoms with van der Waals surface area (Å²) >= 11 is 11.4. The van der Waals surface area contributed by atoms with Crippen LogP contribution in [0, 0.1) is 0 Å². The Balaban J connectivity index is 2.40. The molecule has 0 unspecified atom stereocenters. The molecule has 0 aliphatic heterocycles. The average molecular weight is 351 g/mol. The molecule has 0 N–H and O–H groups in total. The lowest BCUT2D eigenvalue weighted by Gasteiger charge is -2.20. The van der Waals surface area contributed by atoms with E-state index in [-0.39, 0.29) is 26.6 Å². The van der Waals surface area contributed by atoms with Gasteiger partial charge >= 0.3 is 6.36 Å². The quantitative estimate of drug-likeness (QED) is 0.608. The molecule has 0 bridgehead atoms. The summed E-state index contributed by atoms with van der Waals surface area (Å²) < 4.78 is 37.5. The Morgan fingerprint density at radius 2 is 1.68 bits per heavy atom. The molecule has 0 atom stereocenters. The Bertz CT molecular complexity index is 670. The molecule has 1 aromatic rings. The number of hydrogen-bond acceptors (Lipinski definition) is 4. The van der Waals surface area contributed by atoms with Crippen LogP contribution in [0.1, 0.15) is 0 Å². The number of rotatable bonds is 3. The number of ketones is 1. The van der Waals surface area contributed by atoms with Crippen molar-refractivity contribution in [3.8, 4) is 0 Å². The number of hydrogen-bond donors (Lipinski definition) is 0. The molecule has 0 heterocycles. The number of benzene rings is 1. The molecule has 1 aliphatic carbocycles. The Morgan fingerprint density at radius 3 is 2.27 bits per heavy atom. The molecular formula is C13H7Cl2F3N2O2. The fourth-order valence-electron chi connectivity index (χ4n) is 1.48. The Hall–Kier alpha value is -1.83. The summed E-state index contributed by atoms with van der Waals surface area (Å²) in [5.41, 5.74) is -0.127. The molecule has 0 fully saturated rings. The standard InChI is InChI=1S/C13H7Cl2F3N2O2/c14-9-7-12(21)10(15)6-11(9)19-20(22-13(16,17)18)8-4-2-1-3-5-8/h1-7H. The predicted molar refractivity (Wildman–Crippen MR) is 76.4 cm³/mol. The second-order valence-corrected chi connectivity index (χ2v) is 4.79. The topological polar surface area (TPSA) is 41.9 Å². The third kappa shape index (κ3) is 4.33. The minimum atomic E-state index is -4.96. The maximum Gasteiger partial charge on any atom is 0.545 e. The molecule has 0 saturated carbocycles. The molecule has 0 amide bonds. The Labute approximate surface area is 133 Å². The van der Waals surface area contributed by atoms with E-state index in [1.165, 1.54) is 24.3 Å². The van der Waals surface area contributed by atoms with Crippen molar-refractivity contribution in [2.24, 2.45) is 5.10 Å². The zero-order valence-corrected chi connectivity index (χ0v) is 12.2. The number of allylic oxidation sites excluding steroid dienone is 4. The van der Waals surface area contributed by atoms with Crippen molar-refractivity contribution in [2.45, 2.75) is 6.36 Å². The van der Waals surface area contributed by atoms with E-state index in [1.807, 2.05) is 0 Å². The summed E-state index contributed by atoms with van der Waals surface area (Å²) in [5.74, 6) is -0.561. The highest BCUT2D eigenvalue weighted by Gasteiger charge is 2.34. The van der Waals surface area contributed by atoms with Crippen LogP contribution in [-0.4, -0.2) is 17.9 Å². The van der Waals surface area contributed by atoms with Crippen LogP contribution in [0.3, 0.4) is 0 Å². The van der Waals surface area contributed by atoms with Crippen LogP contribution in [0.15, 0.2) is 57.6 Å². The van der Waals surface area contributed by atoms with E-state index in [2.05, 4.69) is 9.94 Å². The van der Waals surface area contributed by atoms with Gasteiger partial charge in [0.15, 0.2) is 5.78 Å². The van der Waals surface area contributed by atoms with Crippen molar-refractivity contribution >= 4 is 40.4 Å². The van der Waals surface area contributed by atoms with Crippen LogP contribution in [0.25, 0.3) is 0 Å². The molecule has 0 saturated heterocycles. The lowest BCUT2D eigenvalue weighted by Crippen LogP contribution is -2.28. The van der Waals surface area contributed by atoms with Crippen LogP contribution in [0.5, 0.6) is 0 Å². The molecule has 2 rings (SSSR count). The van der Waals surface area contributed by atoms with Gasteiger partial charge in [-0.3, -0.25) is 4.79 Å². The fourth-order valence-corrected chi connectivity index (χ4v) is 1.83. The van der Waals surface area contributed by atoms with Crippen molar-refractivity contribution in [3.05, 3.63) is 52.5 Å². The lowest BCUT2D eigenvalue weighted by atomic mass is 10.1. The first-order valence-electron chi connectivity index (χ1n) is 5.75. The van der Waals surface area contributed by atoms with Gasteiger partial charge in [-0.25, -0.2) is 0 Å². The maximum absolute atomic E-state index is 12.5. The molecule has 0 spiro atoms. The number of nitrogens with zero attached hydrogens (tertiary/aromatic N) is 2. The van der Waals surface area contributed by atoms with E-state index in [9.17, 15) is 18.0 Å². The number of para-hydroxylation sites is 1. The first kappa shape index (κ1) is 16.5. The summed E-state index contributed by atoms with van der Waals surface area (Å²) in [5, 5.41) is 3.53. The average Bonchev–Trinajstić information content (AvgIpc) is 2.43. The van der Waals surface area contributed by atoms with Crippen LogP contribution in [-0.2, 0) is 9.63 Å². The minimum absolute atomic E-state index is 0.0122. The first-order chi connectivity index (χ1) is 10.3. The van der Waals surface area contributed by atoms with Gasteiger partial charge in [0.2, 0.25) is 0 Å². The highest BCUT2D eigenvalue weighted by Crippen LogP contribution is 2.26. The zero-order valence-electron chi connectivity index (χ0n) is 10.6. The van der Waals surface area contributed by atoms with Gasteiger partial charge in [0.1, 0.15) is 5.71 Å². The van der Waals surface area contributed by atoms with Crippen molar-refractivity contribution in [2.75, 3.05) is 5.17 Å². The second-order valence-electron chi connectivity index (χ2n) is 3.98. The van der Waals surface area contributed by atoms with Gasteiger partial charge in [0, 0.05) is 6.08 Å².